The summed E-state index contributed by atoms with van der Waals surface area (Å²) in [5.41, 5.74) is 0.844. The number of thiazole rings is 1. The number of hydrogen-bond acceptors (Lipinski definition) is 7. The van der Waals surface area contributed by atoms with Gasteiger partial charge in [-0.05, 0) is 50.2 Å². The van der Waals surface area contributed by atoms with Crippen molar-refractivity contribution in [2.45, 2.75) is 19.4 Å². The first-order valence-corrected chi connectivity index (χ1v) is 13.0. The van der Waals surface area contributed by atoms with Gasteiger partial charge in [-0.25, -0.2) is 4.98 Å². The summed E-state index contributed by atoms with van der Waals surface area (Å²) in [5, 5.41) is 0.617. The lowest BCUT2D eigenvalue weighted by atomic mass is 9.84. The van der Waals surface area contributed by atoms with Crippen molar-refractivity contribution in [1.82, 2.24) is 4.98 Å². The van der Waals surface area contributed by atoms with Crippen molar-refractivity contribution in [2.75, 3.05) is 23.5 Å². The Balaban J connectivity index is 1.58. The number of carbonyl (C=O) groups is 2. The highest BCUT2D eigenvalue weighted by Crippen LogP contribution is 2.54. The maximum Gasteiger partial charge on any atom is 0.297 e. The SMILES string of the molecule is CCOc1ccc2nc(N3C(=O)c4oc5ccc(C)cc5c(=O)c4C34C(=O)N(C)c3ccccc34)sc2c1. The number of anilines is 2. The molecule has 1 unspecified atom stereocenters. The predicted octanol–water partition coefficient (Wildman–Crippen LogP) is 4.99. The third-order valence-corrected chi connectivity index (χ3v) is 8.26. The van der Waals surface area contributed by atoms with Crippen LogP contribution in [0.4, 0.5) is 10.8 Å². The molecule has 0 bridgehead atoms. The van der Waals surface area contributed by atoms with Crippen LogP contribution in [0, 0.1) is 6.92 Å². The fraction of sp³-hybridized carbons (Fsp3) is 0.172. The van der Waals surface area contributed by atoms with E-state index in [2.05, 4.69) is 0 Å². The highest BCUT2D eigenvalue weighted by Gasteiger charge is 2.65. The summed E-state index contributed by atoms with van der Waals surface area (Å²) in [4.78, 5) is 50.2. The molecule has 3 aromatic carbocycles. The van der Waals surface area contributed by atoms with Crippen molar-refractivity contribution in [3.8, 4) is 5.75 Å². The van der Waals surface area contributed by atoms with E-state index in [4.69, 9.17) is 14.1 Å². The zero-order chi connectivity index (χ0) is 26.3. The Bertz CT molecular complexity index is 1910. The van der Waals surface area contributed by atoms with Crippen molar-refractivity contribution < 1.29 is 18.7 Å². The van der Waals surface area contributed by atoms with E-state index in [1.807, 2.05) is 50.2 Å². The molecule has 2 aliphatic rings. The lowest BCUT2D eigenvalue weighted by Crippen LogP contribution is -2.53. The number of benzene rings is 3. The second-order valence-electron chi connectivity index (χ2n) is 9.43. The van der Waals surface area contributed by atoms with Gasteiger partial charge < -0.3 is 14.1 Å². The minimum absolute atomic E-state index is 0.0247. The molecule has 9 heteroatoms. The maximum atomic E-state index is 14.3. The van der Waals surface area contributed by atoms with Gasteiger partial charge in [0.25, 0.3) is 11.8 Å². The molecule has 0 N–H and O–H groups in total. The predicted molar refractivity (Wildman–Crippen MR) is 145 cm³/mol. The van der Waals surface area contributed by atoms with Crippen LogP contribution in [-0.2, 0) is 10.3 Å². The Morgan fingerprint density at radius 2 is 1.87 bits per heavy atom. The van der Waals surface area contributed by atoms with Crippen molar-refractivity contribution in [2.24, 2.45) is 0 Å². The number of rotatable bonds is 3. The number of para-hydroxylation sites is 1. The molecule has 4 heterocycles. The zero-order valence-corrected chi connectivity index (χ0v) is 21.6. The van der Waals surface area contributed by atoms with E-state index in [1.165, 1.54) is 21.1 Å². The quantitative estimate of drug-likeness (QED) is 0.331. The number of ether oxygens (including phenoxy) is 1. The van der Waals surface area contributed by atoms with E-state index < -0.39 is 22.8 Å². The lowest BCUT2D eigenvalue weighted by Gasteiger charge is -2.31. The van der Waals surface area contributed by atoms with Gasteiger partial charge in [-0.1, -0.05) is 41.2 Å². The molecule has 8 nitrogen and oxygen atoms in total. The Morgan fingerprint density at radius 1 is 1.05 bits per heavy atom. The molecule has 1 atom stereocenters. The van der Waals surface area contributed by atoms with Gasteiger partial charge in [0.05, 0.1) is 27.8 Å². The van der Waals surface area contributed by atoms with Crippen LogP contribution >= 0.6 is 11.3 Å². The van der Waals surface area contributed by atoms with Gasteiger partial charge in [-0.15, -0.1) is 0 Å². The molecule has 2 aromatic heterocycles. The van der Waals surface area contributed by atoms with E-state index in [0.717, 1.165) is 10.3 Å². The molecule has 7 rings (SSSR count). The van der Waals surface area contributed by atoms with E-state index >= 15 is 0 Å². The molecule has 1 spiro atoms. The number of aryl methyl sites for hydroxylation is 1. The van der Waals surface area contributed by atoms with Crippen LogP contribution in [0.25, 0.3) is 21.2 Å². The number of amides is 2. The Morgan fingerprint density at radius 3 is 2.68 bits per heavy atom. The zero-order valence-electron chi connectivity index (χ0n) is 20.8. The Hall–Kier alpha value is -4.50. The molecule has 0 radical (unpaired) electrons. The van der Waals surface area contributed by atoms with Gasteiger partial charge in [0, 0.05) is 18.3 Å². The standard InChI is InChI=1S/C29H21N3O5S/c1-4-36-16-10-11-19-22(14-16)38-28(30-19)32-26(34)25-23(24(33)17-13-15(2)9-12-21(17)37-25)29(32)18-7-5-6-8-20(18)31(3)27(29)35/h5-14H,4H2,1-3H3. The van der Waals surface area contributed by atoms with Gasteiger partial charge in [0.15, 0.2) is 16.1 Å². The van der Waals surface area contributed by atoms with Crippen molar-refractivity contribution in [3.05, 3.63) is 93.3 Å². The monoisotopic (exact) mass is 523 g/mol. The van der Waals surface area contributed by atoms with E-state index in [-0.39, 0.29) is 11.3 Å². The topological polar surface area (TPSA) is 93.0 Å². The smallest absolute Gasteiger partial charge is 0.297 e. The van der Waals surface area contributed by atoms with Gasteiger partial charge in [-0.3, -0.25) is 19.3 Å². The molecule has 2 aliphatic heterocycles. The number of aromatic nitrogens is 1. The van der Waals surface area contributed by atoms with Crippen molar-refractivity contribution in [3.63, 3.8) is 0 Å². The lowest BCUT2D eigenvalue weighted by molar-refractivity contribution is -0.121. The first-order valence-electron chi connectivity index (χ1n) is 12.2. The highest BCUT2D eigenvalue weighted by molar-refractivity contribution is 7.22. The molecule has 0 fully saturated rings. The van der Waals surface area contributed by atoms with Crippen molar-refractivity contribution in [1.29, 1.82) is 0 Å². The number of carbonyl (C=O) groups excluding carboxylic acids is 2. The molecule has 0 aliphatic carbocycles. The second-order valence-corrected chi connectivity index (χ2v) is 10.4. The minimum Gasteiger partial charge on any atom is -0.494 e. The molecular formula is C29H21N3O5S. The van der Waals surface area contributed by atoms with E-state index in [1.54, 1.807) is 31.3 Å². The van der Waals surface area contributed by atoms with Gasteiger partial charge >= 0.3 is 0 Å². The highest BCUT2D eigenvalue weighted by atomic mass is 32.1. The fourth-order valence-electron chi connectivity index (χ4n) is 5.63. The average Bonchev–Trinajstić information content (AvgIpc) is 3.51. The van der Waals surface area contributed by atoms with Crippen molar-refractivity contribution >= 4 is 55.2 Å². The van der Waals surface area contributed by atoms with Gasteiger partial charge in [-0.2, -0.15) is 0 Å². The summed E-state index contributed by atoms with van der Waals surface area (Å²) in [7, 11) is 1.65. The third kappa shape index (κ3) is 2.74. The van der Waals surface area contributed by atoms with Gasteiger partial charge in [0.1, 0.15) is 11.3 Å². The van der Waals surface area contributed by atoms with E-state index in [0.29, 0.717) is 45.2 Å². The van der Waals surface area contributed by atoms with Crippen LogP contribution in [-0.4, -0.2) is 30.5 Å². The number of likely N-dealkylation sites (N-methyl/N-ethyl adjacent to an activating group) is 1. The minimum atomic E-state index is -1.74. The summed E-state index contributed by atoms with van der Waals surface area (Å²) in [6.07, 6.45) is 0. The number of fused-ring (bicyclic) bond motifs is 6. The molecule has 5 aromatic rings. The molecule has 0 saturated heterocycles. The third-order valence-electron chi connectivity index (χ3n) is 7.26. The summed E-state index contributed by atoms with van der Waals surface area (Å²) >= 11 is 1.26. The van der Waals surface area contributed by atoms with E-state index in [9.17, 15) is 14.4 Å². The van der Waals surface area contributed by atoms with Crippen LogP contribution in [0.5, 0.6) is 5.75 Å². The molecular weight excluding hydrogens is 502 g/mol. The van der Waals surface area contributed by atoms with Gasteiger partial charge in [0.2, 0.25) is 5.76 Å². The first-order chi connectivity index (χ1) is 18.4. The Labute approximate surface area is 220 Å². The van der Waals surface area contributed by atoms with Crippen LogP contribution < -0.4 is 20.0 Å². The maximum absolute atomic E-state index is 14.3. The summed E-state index contributed by atoms with van der Waals surface area (Å²) < 4.78 is 12.5. The second kappa shape index (κ2) is 7.75. The molecule has 2 amide bonds. The van der Waals surface area contributed by atoms with Crippen LogP contribution in [0.2, 0.25) is 0 Å². The number of hydrogen-bond donors (Lipinski definition) is 0. The molecule has 188 valence electrons. The largest absolute Gasteiger partial charge is 0.494 e. The first kappa shape index (κ1) is 22.7. The fourth-order valence-corrected chi connectivity index (χ4v) is 6.67. The molecule has 0 saturated carbocycles. The van der Waals surface area contributed by atoms with Crippen LogP contribution in [0.3, 0.4) is 0 Å². The van der Waals surface area contributed by atoms with Crippen LogP contribution in [0.15, 0.2) is 69.9 Å². The summed E-state index contributed by atoms with van der Waals surface area (Å²) in [6, 6.07) is 17.9. The normalized spacial score (nSPS) is 18.2. The number of nitrogens with zero attached hydrogens (tertiary/aromatic N) is 3. The average molecular weight is 524 g/mol. The molecule has 38 heavy (non-hydrogen) atoms. The van der Waals surface area contributed by atoms with Crippen LogP contribution in [0.1, 0.15) is 34.2 Å². The summed E-state index contributed by atoms with van der Waals surface area (Å²) in [5.74, 6) is -0.456. The summed E-state index contributed by atoms with van der Waals surface area (Å²) in [6.45, 7) is 4.29. The Kier molecular flexibility index (Phi) is 4.63.